The summed E-state index contributed by atoms with van der Waals surface area (Å²) in [7, 11) is 0. The Kier molecular flexibility index (Phi) is 7.53. The summed E-state index contributed by atoms with van der Waals surface area (Å²) in [5.41, 5.74) is 0.574. The number of ether oxygens (including phenoxy) is 1. The highest BCUT2D eigenvalue weighted by Gasteiger charge is 2.39. The first-order chi connectivity index (χ1) is 14.3. The van der Waals surface area contributed by atoms with Crippen molar-refractivity contribution in [2.45, 2.75) is 19.6 Å². The lowest BCUT2D eigenvalue weighted by Gasteiger charge is -2.22. The van der Waals surface area contributed by atoms with Crippen LogP contribution in [0.5, 0.6) is 0 Å². The van der Waals surface area contributed by atoms with Gasteiger partial charge in [-0.1, -0.05) is 6.07 Å². The van der Waals surface area contributed by atoms with Gasteiger partial charge in [0.2, 0.25) is 0 Å². The topological polar surface area (TPSA) is 120 Å². The number of hydrogen-bond acceptors (Lipinski definition) is 8. The Bertz CT molecular complexity index is 873. The molecular formula is C19H23N3O6S2. The molecule has 0 bridgehead atoms. The number of carboxylic acid groups (broad SMARTS) is 2. The third kappa shape index (κ3) is 5.85. The maximum absolute atomic E-state index is 12.6. The Morgan fingerprint density at radius 2 is 1.97 bits per heavy atom. The lowest BCUT2D eigenvalue weighted by molar-refractivity contribution is -0.159. The molecule has 4 heterocycles. The molecule has 2 aliphatic heterocycles. The van der Waals surface area contributed by atoms with E-state index in [1.54, 1.807) is 11.3 Å². The number of carbonyl (C=O) groups excluding carboxylic acids is 1. The zero-order valence-corrected chi connectivity index (χ0v) is 18.0. The summed E-state index contributed by atoms with van der Waals surface area (Å²) in [4.78, 5) is 40.9. The fourth-order valence-corrected chi connectivity index (χ4v) is 4.85. The number of nitrogens with zero attached hydrogens (tertiary/aromatic N) is 3. The van der Waals surface area contributed by atoms with Gasteiger partial charge >= 0.3 is 11.9 Å². The summed E-state index contributed by atoms with van der Waals surface area (Å²) in [5.74, 6) is -3.22. The number of rotatable bonds is 3. The lowest BCUT2D eigenvalue weighted by Crippen LogP contribution is -2.33. The Morgan fingerprint density at radius 3 is 2.57 bits per heavy atom. The number of amides is 1. The van der Waals surface area contributed by atoms with E-state index in [1.807, 2.05) is 17.2 Å². The van der Waals surface area contributed by atoms with Crippen LogP contribution in [0.25, 0.3) is 0 Å². The summed E-state index contributed by atoms with van der Waals surface area (Å²) in [6, 6.07) is 4.28. The maximum atomic E-state index is 12.6. The molecule has 1 amide bonds. The quantitative estimate of drug-likeness (QED) is 0.673. The second kappa shape index (κ2) is 10.1. The molecule has 2 aliphatic rings. The Morgan fingerprint density at radius 1 is 1.20 bits per heavy atom. The van der Waals surface area contributed by atoms with Crippen LogP contribution in [0.4, 0.5) is 0 Å². The monoisotopic (exact) mass is 453 g/mol. The SMILES string of the molecule is Cc1nc(C(=O)N2C[C@@H]3CN(Cc4cccs4)CCO[C@@H]3C2)cs1.O=C(O)C(=O)O. The highest BCUT2D eigenvalue weighted by atomic mass is 32.1. The minimum absolute atomic E-state index is 0.0424. The molecule has 2 atom stereocenters. The fraction of sp³-hybridized carbons (Fsp3) is 0.474. The van der Waals surface area contributed by atoms with Crippen LogP contribution in [0.15, 0.2) is 22.9 Å². The molecule has 30 heavy (non-hydrogen) atoms. The Hall–Kier alpha value is -2.34. The number of aliphatic carboxylic acids is 2. The van der Waals surface area contributed by atoms with Crippen molar-refractivity contribution >= 4 is 40.5 Å². The van der Waals surface area contributed by atoms with E-state index in [4.69, 9.17) is 24.5 Å². The number of carbonyl (C=O) groups is 3. The summed E-state index contributed by atoms with van der Waals surface area (Å²) in [6.07, 6.45) is 0.155. The van der Waals surface area contributed by atoms with Gasteiger partial charge < -0.3 is 19.8 Å². The normalized spacial score (nSPS) is 21.3. The zero-order chi connectivity index (χ0) is 21.7. The Labute approximate surface area is 181 Å². The van der Waals surface area contributed by atoms with Crippen LogP contribution < -0.4 is 0 Å². The molecule has 2 fully saturated rings. The number of hydrogen-bond donors (Lipinski definition) is 2. The first-order valence-electron chi connectivity index (χ1n) is 9.37. The van der Waals surface area contributed by atoms with Crippen LogP contribution in [0.1, 0.15) is 20.4 Å². The van der Waals surface area contributed by atoms with E-state index in [1.165, 1.54) is 16.2 Å². The van der Waals surface area contributed by atoms with Crippen molar-refractivity contribution in [1.29, 1.82) is 0 Å². The van der Waals surface area contributed by atoms with Gasteiger partial charge in [0.25, 0.3) is 5.91 Å². The fourth-order valence-electron chi connectivity index (χ4n) is 3.52. The molecule has 0 saturated carbocycles. The van der Waals surface area contributed by atoms with E-state index in [0.29, 0.717) is 18.2 Å². The predicted octanol–water partition coefficient (Wildman–Crippen LogP) is 1.64. The summed E-state index contributed by atoms with van der Waals surface area (Å²) in [6.45, 7) is 7.05. The van der Waals surface area contributed by atoms with Crippen LogP contribution in [-0.4, -0.2) is 81.7 Å². The van der Waals surface area contributed by atoms with Crippen LogP contribution in [0.2, 0.25) is 0 Å². The molecule has 2 aromatic heterocycles. The van der Waals surface area contributed by atoms with Crippen molar-refractivity contribution in [3.63, 3.8) is 0 Å². The average Bonchev–Trinajstić information content (AvgIpc) is 3.42. The van der Waals surface area contributed by atoms with E-state index in [2.05, 4.69) is 27.4 Å². The number of likely N-dealkylation sites (tertiary alicyclic amines) is 1. The first-order valence-corrected chi connectivity index (χ1v) is 11.1. The molecule has 0 aromatic carbocycles. The second-order valence-corrected chi connectivity index (χ2v) is 9.15. The third-order valence-corrected chi connectivity index (χ3v) is 6.52. The van der Waals surface area contributed by atoms with Crippen LogP contribution in [0, 0.1) is 12.8 Å². The van der Waals surface area contributed by atoms with Gasteiger partial charge in [-0.3, -0.25) is 9.69 Å². The van der Waals surface area contributed by atoms with E-state index < -0.39 is 11.9 Å². The molecule has 0 aliphatic carbocycles. The van der Waals surface area contributed by atoms with Crippen LogP contribution >= 0.6 is 22.7 Å². The largest absolute Gasteiger partial charge is 0.473 e. The van der Waals surface area contributed by atoms with E-state index >= 15 is 0 Å². The maximum Gasteiger partial charge on any atom is 0.414 e. The first kappa shape index (κ1) is 22.3. The van der Waals surface area contributed by atoms with Crippen molar-refractivity contribution in [2.75, 3.05) is 32.8 Å². The Balaban J connectivity index is 0.000000377. The van der Waals surface area contributed by atoms with Crippen molar-refractivity contribution < 1.29 is 29.3 Å². The molecule has 4 rings (SSSR count). The minimum Gasteiger partial charge on any atom is -0.473 e. The van der Waals surface area contributed by atoms with Gasteiger partial charge in [-0.15, -0.1) is 22.7 Å². The van der Waals surface area contributed by atoms with Crippen molar-refractivity contribution in [3.05, 3.63) is 38.5 Å². The van der Waals surface area contributed by atoms with Crippen molar-refractivity contribution in [2.24, 2.45) is 5.92 Å². The van der Waals surface area contributed by atoms with E-state index in [0.717, 1.165) is 37.8 Å². The lowest BCUT2D eigenvalue weighted by atomic mass is 10.1. The average molecular weight is 454 g/mol. The molecule has 2 saturated heterocycles. The molecular weight excluding hydrogens is 430 g/mol. The van der Waals surface area contributed by atoms with Gasteiger partial charge in [0.05, 0.1) is 17.7 Å². The summed E-state index contributed by atoms with van der Waals surface area (Å²) < 4.78 is 6.05. The van der Waals surface area contributed by atoms with Crippen molar-refractivity contribution in [3.8, 4) is 0 Å². The predicted molar refractivity (Wildman–Crippen MR) is 111 cm³/mol. The number of thiazole rings is 1. The standard InChI is InChI=1S/C17H21N3O2S2.C2H2O4/c1-12-18-15(11-24-12)17(21)20-8-13-7-19(4-5-22-16(13)10-20)9-14-3-2-6-23-14;3-1(4)2(5)6/h2-3,6,11,13,16H,4-5,7-10H2,1H3;(H,3,4)(H,5,6)/t13-,16+;/m0./s1. The van der Waals surface area contributed by atoms with Gasteiger partial charge in [-0.25, -0.2) is 14.6 Å². The molecule has 162 valence electrons. The van der Waals surface area contributed by atoms with Gasteiger partial charge in [-0.2, -0.15) is 0 Å². The second-order valence-electron chi connectivity index (χ2n) is 7.06. The third-order valence-electron chi connectivity index (χ3n) is 4.88. The van der Waals surface area contributed by atoms with Gasteiger partial charge in [0.15, 0.2) is 0 Å². The number of aryl methyl sites for hydroxylation is 1. The van der Waals surface area contributed by atoms with Gasteiger partial charge in [0, 0.05) is 48.9 Å². The molecule has 9 nitrogen and oxygen atoms in total. The minimum atomic E-state index is -1.82. The number of fused-ring (bicyclic) bond motifs is 1. The smallest absolute Gasteiger partial charge is 0.414 e. The number of aromatic nitrogens is 1. The van der Waals surface area contributed by atoms with Gasteiger partial charge in [0.1, 0.15) is 5.69 Å². The molecule has 0 unspecified atom stereocenters. The molecule has 0 radical (unpaired) electrons. The molecule has 2 aromatic rings. The number of thiophene rings is 1. The van der Waals surface area contributed by atoms with E-state index in [-0.39, 0.29) is 12.0 Å². The van der Waals surface area contributed by atoms with Gasteiger partial charge in [-0.05, 0) is 18.4 Å². The van der Waals surface area contributed by atoms with Crippen molar-refractivity contribution in [1.82, 2.24) is 14.8 Å². The highest BCUT2D eigenvalue weighted by molar-refractivity contribution is 7.10. The molecule has 2 N–H and O–H groups in total. The summed E-state index contributed by atoms with van der Waals surface area (Å²) >= 11 is 3.33. The van der Waals surface area contributed by atoms with E-state index in [9.17, 15) is 4.79 Å². The van der Waals surface area contributed by atoms with Crippen LogP contribution in [-0.2, 0) is 20.9 Å². The summed E-state index contributed by atoms with van der Waals surface area (Å²) in [5, 5.41) is 19.7. The molecule has 0 spiro atoms. The molecule has 11 heteroatoms. The zero-order valence-electron chi connectivity index (χ0n) is 16.4. The highest BCUT2D eigenvalue weighted by Crippen LogP contribution is 2.26. The van der Waals surface area contributed by atoms with Crippen LogP contribution in [0.3, 0.4) is 0 Å². The number of carboxylic acids is 2.